The molecule has 4 nitrogen and oxygen atoms in total. The number of rotatable bonds is 7. The molecule has 0 aliphatic heterocycles. The standard InChI is InChI=1S/C17H23N3O/c1-4-6-14-12-16(18-11-5-2)20-17(19-14)13-7-9-15(21-3)10-8-13/h7-10,12H,4-6,11H2,1-3H3,(H,18,19,20). The first-order valence-corrected chi connectivity index (χ1v) is 7.53. The van der Waals surface area contributed by atoms with Gasteiger partial charge in [0.2, 0.25) is 0 Å². The predicted molar refractivity (Wildman–Crippen MR) is 86.8 cm³/mol. The van der Waals surface area contributed by atoms with E-state index in [2.05, 4.69) is 29.1 Å². The largest absolute Gasteiger partial charge is 0.497 e. The fraction of sp³-hybridized carbons (Fsp3) is 0.412. The van der Waals surface area contributed by atoms with E-state index >= 15 is 0 Å². The number of hydrogen-bond acceptors (Lipinski definition) is 4. The van der Waals surface area contributed by atoms with Gasteiger partial charge in [-0.1, -0.05) is 20.3 Å². The van der Waals surface area contributed by atoms with Crippen LogP contribution in [0.2, 0.25) is 0 Å². The van der Waals surface area contributed by atoms with Gasteiger partial charge in [-0.15, -0.1) is 0 Å². The second-order valence-corrected chi connectivity index (χ2v) is 4.97. The molecule has 1 N–H and O–H groups in total. The average molecular weight is 285 g/mol. The number of nitrogens with zero attached hydrogens (tertiary/aromatic N) is 2. The Balaban J connectivity index is 2.32. The van der Waals surface area contributed by atoms with Crippen molar-refractivity contribution in [3.8, 4) is 17.1 Å². The summed E-state index contributed by atoms with van der Waals surface area (Å²) in [6.45, 7) is 5.23. The lowest BCUT2D eigenvalue weighted by Gasteiger charge is -2.09. The molecule has 0 aliphatic rings. The molecule has 0 unspecified atom stereocenters. The lowest BCUT2D eigenvalue weighted by atomic mass is 10.2. The third kappa shape index (κ3) is 4.18. The Bertz CT molecular complexity index is 567. The van der Waals surface area contributed by atoms with E-state index in [1.54, 1.807) is 7.11 Å². The maximum Gasteiger partial charge on any atom is 0.161 e. The van der Waals surface area contributed by atoms with Crippen LogP contribution < -0.4 is 10.1 Å². The number of hydrogen-bond donors (Lipinski definition) is 1. The highest BCUT2D eigenvalue weighted by Gasteiger charge is 2.07. The second-order valence-electron chi connectivity index (χ2n) is 4.97. The van der Waals surface area contributed by atoms with Crippen molar-refractivity contribution in [1.82, 2.24) is 9.97 Å². The van der Waals surface area contributed by atoms with Gasteiger partial charge in [0.1, 0.15) is 11.6 Å². The molecule has 21 heavy (non-hydrogen) atoms. The smallest absolute Gasteiger partial charge is 0.161 e. The molecule has 0 fully saturated rings. The molecule has 1 aromatic heterocycles. The first kappa shape index (κ1) is 15.3. The van der Waals surface area contributed by atoms with Crippen LogP contribution in [0.25, 0.3) is 11.4 Å². The second kappa shape index (κ2) is 7.62. The summed E-state index contributed by atoms with van der Waals surface area (Å²) in [5, 5.41) is 3.35. The number of nitrogens with one attached hydrogen (secondary N) is 1. The lowest BCUT2D eigenvalue weighted by Crippen LogP contribution is -2.05. The molecule has 0 spiro atoms. The summed E-state index contributed by atoms with van der Waals surface area (Å²) in [5.41, 5.74) is 2.09. The Hall–Kier alpha value is -2.10. The molecule has 0 bridgehead atoms. The zero-order valence-electron chi connectivity index (χ0n) is 13.0. The van der Waals surface area contributed by atoms with Crippen molar-refractivity contribution < 1.29 is 4.74 Å². The fourth-order valence-electron chi connectivity index (χ4n) is 2.09. The molecule has 0 atom stereocenters. The van der Waals surface area contributed by atoms with Crippen LogP contribution in [0.5, 0.6) is 5.75 Å². The highest BCUT2D eigenvalue weighted by Crippen LogP contribution is 2.21. The minimum atomic E-state index is 0.766. The molecule has 0 aliphatic carbocycles. The number of anilines is 1. The zero-order valence-corrected chi connectivity index (χ0v) is 13.0. The van der Waals surface area contributed by atoms with Crippen molar-refractivity contribution in [3.05, 3.63) is 36.0 Å². The van der Waals surface area contributed by atoms with Crippen LogP contribution in [0, 0.1) is 0 Å². The first-order valence-electron chi connectivity index (χ1n) is 7.53. The van der Waals surface area contributed by atoms with E-state index in [-0.39, 0.29) is 0 Å². The van der Waals surface area contributed by atoms with Gasteiger partial charge in [0, 0.05) is 23.9 Å². The number of aromatic nitrogens is 2. The van der Waals surface area contributed by atoms with E-state index < -0.39 is 0 Å². The SMILES string of the molecule is CCCNc1cc(CCC)nc(-c2ccc(OC)cc2)n1. The summed E-state index contributed by atoms with van der Waals surface area (Å²) in [6, 6.07) is 9.90. The van der Waals surface area contributed by atoms with E-state index in [4.69, 9.17) is 4.74 Å². The molecule has 0 saturated carbocycles. The van der Waals surface area contributed by atoms with Crippen molar-refractivity contribution in [2.75, 3.05) is 19.0 Å². The highest BCUT2D eigenvalue weighted by atomic mass is 16.5. The van der Waals surface area contributed by atoms with Gasteiger partial charge >= 0.3 is 0 Å². The van der Waals surface area contributed by atoms with Crippen molar-refractivity contribution in [3.63, 3.8) is 0 Å². The summed E-state index contributed by atoms with van der Waals surface area (Å²) in [7, 11) is 1.67. The zero-order chi connectivity index (χ0) is 15.1. The molecule has 0 radical (unpaired) electrons. The van der Waals surface area contributed by atoms with Crippen LogP contribution in [0.3, 0.4) is 0 Å². The minimum Gasteiger partial charge on any atom is -0.497 e. The summed E-state index contributed by atoms with van der Waals surface area (Å²) >= 11 is 0. The van der Waals surface area contributed by atoms with Crippen molar-refractivity contribution >= 4 is 5.82 Å². The lowest BCUT2D eigenvalue weighted by molar-refractivity contribution is 0.415. The molecule has 0 saturated heterocycles. The Morgan fingerprint density at radius 1 is 1.05 bits per heavy atom. The molecule has 112 valence electrons. The summed E-state index contributed by atoms with van der Waals surface area (Å²) < 4.78 is 5.19. The van der Waals surface area contributed by atoms with E-state index in [0.29, 0.717) is 0 Å². The minimum absolute atomic E-state index is 0.766. The van der Waals surface area contributed by atoms with E-state index in [1.807, 2.05) is 30.3 Å². The van der Waals surface area contributed by atoms with Gasteiger partial charge in [-0.2, -0.15) is 0 Å². The van der Waals surface area contributed by atoms with Crippen LogP contribution >= 0.6 is 0 Å². The van der Waals surface area contributed by atoms with Crippen LogP contribution in [0.4, 0.5) is 5.82 Å². The Morgan fingerprint density at radius 3 is 2.43 bits per heavy atom. The summed E-state index contributed by atoms with van der Waals surface area (Å²) in [6.07, 6.45) is 3.11. The van der Waals surface area contributed by atoms with Gasteiger partial charge in [0.05, 0.1) is 7.11 Å². The maximum absolute atomic E-state index is 5.19. The maximum atomic E-state index is 5.19. The van der Waals surface area contributed by atoms with Crippen molar-refractivity contribution in [2.24, 2.45) is 0 Å². The van der Waals surface area contributed by atoms with Crippen molar-refractivity contribution in [1.29, 1.82) is 0 Å². The van der Waals surface area contributed by atoms with Gasteiger partial charge in [-0.05, 0) is 37.1 Å². The predicted octanol–water partition coefficient (Wildman–Crippen LogP) is 3.93. The molecule has 2 aromatic rings. The molecule has 0 amide bonds. The average Bonchev–Trinajstić information content (AvgIpc) is 2.53. The van der Waals surface area contributed by atoms with Crippen molar-refractivity contribution in [2.45, 2.75) is 33.1 Å². The van der Waals surface area contributed by atoms with E-state index in [0.717, 1.165) is 54.5 Å². The van der Waals surface area contributed by atoms with Gasteiger partial charge in [-0.25, -0.2) is 9.97 Å². The molecule has 2 rings (SSSR count). The normalized spacial score (nSPS) is 10.4. The third-order valence-electron chi connectivity index (χ3n) is 3.19. The monoisotopic (exact) mass is 285 g/mol. The van der Waals surface area contributed by atoms with E-state index in [1.165, 1.54) is 0 Å². The topological polar surface area (TPSA) is 47.0 Å². The van der Waals surface area contributed by atoms with Gasteiger partial charge < -0.3 is 10.1 Å². The quantitative estimate of drug-likeness (QED) is 0.837. The highest BCUT2D eigenvalue weighted by molar-refractivity contribution is 5.58. The van der Waals surface area contributed by atoms with Crippen LogP contribution in [-0.2, 0) is 6.42 Å². The molecule has 4 heteroatoms. The van der Waals surface area contributed by atoms with E-state index in [9.17, 15) is 0 Å². The van der Waals surface area contributed by atoms with Gasteiger partial charge in [-0.3, -0.25) is 0 Å². The third-order valence-corrected chi connectivity index (χ3v) is 3.19. The molecular weight excluding hydrogens is 262 g/mol. The molecular formula is C17H23N3O. The number of benzene rings is 1. The number of aryl methyl sites for hydroxylation is 1. The Morgan fingerprint density at radius 2 is 1.81 bits per heavy atom. The molecule has 1 heterocycles. The Labute approximate surface area is 126 Å². The molecule has 1 aromatic carbocycles. The van der Waals surface area contributed by atoms with Crippen LogP contribution in [0.1, 0.15) is 32.4 Å². The summed E-state index contributed by atoms with van der Waals surface area (Å²) in [5.74, 6) is 2.51. The number of methoxy groups -OCH3 is 1. The Kier molecular flexibility index (Phi) is 5.55. The number of ether oxygens (including phenoxy) is 1. The van der Waals surface area contributed by atoms with Crippen LogP contribution in [0.15, 0.2) is 30.3 Å². The summed E-state index contributed by atoms with van der Waals surface area (Å²) in [4.78, 5) is 9.28. The van der Waals surface area contributed by atoms with Crippen LogP contribution in [-0.4, -0.2) is 23.6 Å². The van der Waals surface area contributed by atoms with Gasteiger partial charge in [0.15, 0.2) is 5.82 Å². The van der Waals surface area contributed by atoms with Gasteiger partial charge in [0.25, 0.3) is 0 Å². The first-order chi connectivity index (χ1) is 10.3. The fourth-order valence-corrected chi connectivity index (χ4v) is 2.09.